The van der Waals surface area contributed by atoms with Crippen LogP contribution < -0.4 is 10.0 Å². The molecule has 10 heteroatoms. The van der Waals surface area contributed by atoms with Crippen molar-refractivity contribution in [1.82, 2.24) is 10.2 Å². The zero-order valence-electron chi connectivity index (χ0n) is 14.4. The number of anilines is 1. The molecule has 2 rings (SSSR count). The molecule has 0 saturated carbocycles. The van der Waals surface area contributed by atoms with Crippen LogP contribution in [0.2, 0.25) is 0 Å². The third-order valence-electron chi connectivity index (χ3n) is 3.85. The molecule has 0 spiro atoms. The number of nitrogens with zero attached hydrogens (tertiary/aromatic N) is 1. The lowest BCUT2D eigenvalue weighted by molar-refractivity contribution is 0.0702. The van der Waals surface area contributed by atoms with E-state index < -0.39 is 16.1 Å². The molecule has 8 nitrogen and oxygen atoms in total. The molecule has 0 aromatic heterocycles. The number of hydrogen-bond acceptors (Lipinski definition) is 5. The predicted octanol–water partition coefficient (Wildman–Crippen LogP) is 1.63. The van der Waals surface area contributed by atoms with Crippen LogP contribution >= 0.6 is 11.6 Å². The fourth-order valence-electron chi connectivity index (χ4n) is 2.64. The second-order valence-corrected chi connectivity index (χ2v) is 8.11. The molecule has 2 amide bonds. The molecule has 0 radical (unpaired) electrons. The number of alkyl halides is 1. The first kappa shape index (κ1) is 20.3. The highest BCUT2D eigenvalue weighted by molar-refractivity contribution is 7.92. The van der Waals surface area contributed by atoms with Gasteiger partial charge in [0, 0.05) is 30.4 Å². The molecule has 1 aliphatic rings. The highest BCUT2D eigenvalue weighted by Crippen LogP contribution is 2.16. The summed E-state index contributed by atoms with van der Waals surface area (Å²) in [5.41, 5.74) is 0.888. The van der Waals surface area contributed by atoms with E-state index >= 15 is 0 Å². The number of rotatable bonds is 6. The summed E-state index contributed by atoms with van der Waals surface area (Å²) >= 11 is 5.46. The maximum atomic E-state index is 12.5. The van der Waals surface area contributed by atoms with Gasteiger partial charge in [0.05, 0.1) is 12.1 Å². The minimum atomic E-state index is -3.35. The number of alkyl carbamates (subject to hydrolysis) is 1. The highest BCUT2D eigenvalue weighted by atomic mass is 35.5. The monoisotopic (exact) mass is 403 g/mol. The molecular weight excluding hydrogens is 382 g/mol. The first-order valence-corrected chi connectivity index (χ1v) is 10.6. The number of amides is 2. The summed E-state index contributed by atoms with van der Waals surface area (Å²) in [7, 11) is -3.35. The van der Waals surface area contributed by atoms with Crippen molar-refractivity contribution in [2.24, 2.45) is 0 Å². The maximum absolute atomic E-state index is 12.5. The smallest absolute Gasteiger partial charge is 0.407 e. The Labute approximate surface area is 157 Å². The molecule has 1 aliphatic heterocycles. The maximum Gasteiger partial charge on any atom is 0.407 e. The number of benzene rings is 1. The van der Waals surface area contributed by atoms with Crippen molar-refractivity contribution in [3.05, 3.63) is 29.8 Å². The van der Waals surface area contributed by atoms with Gasteiger partial charge in [0.2, 0.25) is 10.0 Å². The van der Waals surface area contributed by atoms with Crippen LogP contribution in [0.3, 0.4) is 0 Å². The van der Waals surface area contributed by atoms with Gasteiger partial charge in [-0.3, -0.25) is 9.52 Å². The summed E-state index contributed by atoms with van der Waals surface area (Å²) in [4.78, 5) is 25.8. The number of ether oxygens (including phenoxy) is 1. The average molecular weight is 404 g/mol. The fourth-order valence-corrected chi connectivity index (χ4v) is 3.29. The van der Waals surface area contributed by atoms with E-state index in [0.717, 1.165) is 6.26 Å². The van der Waals surface area contributed by atoms with Gasteiger partial charge >= 0.3 is 6.09 Å². The lowest BCUT2D eigenvalue weighted by Gasteiger charge is -2.32. The van der Waals surface area contributed by atoms with Gasteiger partial charge in [0.25, 0.3) is 5.91 Å². The molecule has 1 heterocycles. The molecule has 0 unspecified atom stereocenters. The minimum Gasteiger partial charge on any atom is -0.448 e. The minimum absolute atomic E-state index is 0.0387. The van der Waals surface area contributed by atoms with Crippen molar-refractivity contribution in [2.75, 3.05) is 36.6 Å². The van der Waals surface area contributed by atoms with Crippen molar-refractivity contribution < 1.29 is 22.7 Å². The van der Waals surface area contributed by atoms with Gasteiger partial charge in [-0.25, -0.2) is 13.2 Å². The number of carbonyl (C=O) groups is 2. The molecule has 1 saturated heterocycles. The van der Waals surface area contributed by atoms with E-state index in [2.05, 4.69) is 10.0 Å². The SMILES string of the molecule is CS(=O)(=O)Nc1ccc(C(=O)N2CCC(NC(=O)OCCCl)CC2)cc1. The Kier molecular flexibility index (Phi) is 7.10. The van der Waals surface area contributed by atoms with E-state index in [9.17, 15) is 18.0 Å². The Morgan fingerprint density at radius 3 is 2.38 bits per heavy atom. The van der Waals surface area contributed by atoms with Gasteiger partial charge in [-0.1, -0.05) is 0 Å². The van der Waals surface area contributed by atoms with Crippen LogP contribution in [0, 0.1) is 0 Å². The summed E-state index contributed by atoms with van der Waals surface area (Å²) in [6.45, 7) is 1.19. The van der Waals surface area contributed by atoms with Crippen LogP contribution in [-0.2, 0) is 14.8 Å². The summed E-state index contributed by atoms with van der Waals surface area (Å²) < 4.78 is 29.6. The standard InChI is InChI=1S/C16H22ClN3O5S/c1-26(23,24)19-14-4-2-12(3-5-14)15(21)20-9-6-13(7-10-20)18-16(22)25-11-8-17/h2-5,13,19H,6-11H2,1H3,(H,18,22). The van der Waals surface area contributed by atoms with Gasteiger partial charge in [0.15, 0.2) is 0 Å². The first-order chi connectivity index (χ1) is 12.3. The van der Waals surface area contributed by atoms with Gasteiger partial charge in [-0.05, 0) is 37.1 Å². The largest absolute Gasteiger partial charge is 0.448 e. The van der Waals surface area contributed by atoms with Gasteiger partial charge in [-0.2, -0.15) is 0 Å². The first-order valence-electron chi connectivity index (χ1n) is 8.15. The Bertz CT molecular complexity index is 731. The van der Waals surface area contributed by atoms with Crippen LogP contribution in [-0.4, -0.2) is 63.2 Å². The second kappa shape index (κ2) is 9.09. The summed E-state index contributed by atoms with van der Waals surface area (Å²) in [5, 5.41) is 2.76. The van der Waals surface area contributed by atoms with Gasteiger partial charge in [-0.15, -0.1) is 11.6 Å². The average Bonchev–Trinajstić information content (AvgIpc) is 2.59. The number of likely N-dealkylation sites (tertiary alicyclic amines) is 1. The lowest BCUT2D eigenvalue weighted by Crippen LogP contribution is -2.46. The Morgan fingerprint density at radius 2 is 1.85 bits per heavy atom. The topological polar surface area (TPSA) is 105 Å². The van der Waals surface area contributed by atoms with Crippen LogP contribution in [0.5, 0.6) is 0 Å². The Morgan fingerprint density at radius 1 is 1.23 bits per heavy atom. The van der Waals surface area contributed by atoms with Crippen molar-refractivity contribution in [1.29, 1.82) is 0 Å². The number of carbonyl (C=O) groups excluding carboxylic acids is 2. The highest BCUT2D eigenvalue weighted by Gasteiger charge is 2.25. The lowest BCUT2D eigenvalue weighted by atomic mass is 10.0. The van der Waals surface area contributed by atoms with Gasteiger partial charge < -0.3 is 15.0 Å². The van der Waals surface area contributed by atoms with E-state index in [1.807, 2.05) is 0 Å². The zero-order valence-corrected chi connectivity index (χ0v) is 16.0. The molecule has 26 heavy (non-hydrogen) atoms. The molecule has 1 fully saturated rings. The molecule has 2 N–H and O–H groups in total. The van der Waals surface area contributed by atoms with E-state index in [1.54, 1.807) is 29.2 Å². The van der Waals surface area contributed by atoms with Crippen LogP contribution in [0.4, 0.5) is 10.5 Å². The predicted molar refractivity (Wildman–Crippen MR) is 99.0 cm³/mol. The molecule has 0 bridgehead atoms. The third-order valence-corrected chi connectivity index (χ3v) is 4.61. The molecular formula is C16H22ClN3O5S. The summed E-state index contributed by atoms with van der Waals surface area (Å²) in [6.07, 6.45) is 1.84. The molecule has 0 aliphatic carbocycles. The van der Waals surface area contributed by atoms with E-state index in [1.165, 1.54) is 0 Å². The summed E-state index contributed by atoms with van der Waals surface area (Å²) in [5.74, 6) is 0.123. The van der Waals surface area contributed by atoms with E-state index in [0.29, 0.717) is 37.2 Å². The van der Waals surface area contributed by atoms with Crippen LogP contribution in [0.15, 0.2) is 24.3 Å². The number of hydrogen-bond donors (Lipinski definition) is 2. The molecule has 1 aromatic rings. The number of nitrogens with one attached hydrogen (secondary N) is 2. The molecule has 0 atom stereocenters. The van der Waals surface area contributed by atoms with Crippen molar-refractivity contribution in [3.63, 3.8) is 0 Å². The van der Waals surface area contributed by atoms with Crippen LogP contribution in [0.1, 0.15) is 23.2 Å². The van der Waals surface area contributed by atoms with Crippen molar-refractivity contribution >= 4 is 39.3 Å². The molecule has 1 aromatic carbocycles. The van der Waals surface area contributed by atoms with Crippen molar-refractivity contribution in [2.45, 2.75) is 18.9 Å². The number of halogens is 1. The Balaban J connectivity index is 1.85. The number of piperidine rings is 1. The van der Waals surface area contributed by atoms with Crippen LogP contribution in [0.25, 0.3) is 0 Å². The normalized spacial score (nSPS) is 15.4. The second-order valence-electron chi connectivity index (χ2n) is 5.99. The summed E-state index contributed by atoms with van der Waals surface area (Å²) in [6, 6.07) is 6.24. The third kappa shape index (κ3) is 6.38. The quantitative estimate of drug-likeness (QED) is 0.702. The van der Waals surface area contributed by atoms with Gasteiger partial charge in [0.1, 0.15) is 6.61 Å². The molecule has 144 valence electrons. The van der Waals surface area contributed by atoms with Crippen molar-refractivity contribution in [3.8, 4) is 0 Å². The Hall–Kier alpha value is -2.00. The zero-order chi connectivity index (χ0) is 19.2. The fraction of sp³-hybridized carbons (Fsp3) is 0.500. The van der Waals surface area contributed by atoms with E-state index in [-0.39, 0.29) is 24.4 Å². The van der Waals surface area contributed by atoms with E-state index in [4.69, 9.17) is 16.3 Å². The number of sulfonamides is 1.